The maximum Gasteiger partial charge on any atom is 0.314 e. The van der Waals surface area contributed by atoms with Crippen LogP contribution >= 0.6 is 15.9 Å². The molecule has 0 saturated heterocycles. The number of rotatable bonds is 2. The Kier molecular flexibility index (Phi) is 3.83. The van der Waals surface area contributed by atoms with Crippen LogP contribution in [0.15, 0.2) is 4.47 Å². The molecule has 1 aromatic rings. The molecule has 1 aliphatic carbocycles. The summed E-state index contributed by atoms with van der Waals surface area (Å²) in [5.41, 5.74) is 2.21. The van der Waals surface area contributed by atoms with Crippen LogP contribution in [0.4, 0.5) is 0 Å². The van der Waals surface area contributed by atoms with Crippen molar-refractivity contribution in [2.75, 3.05) is 0 Å². The fraction of sp³-hybridized carbons (Fsp3) is 0.632. The topological polar surface area (TPSA) is 55.8 Å². The monoisotopic (exact) mass is 394 g/mol. The van der Waals surface area contributed by atoms with Crippen LogP contribution in [-0.4, -0.2) is 23.3 Å². The molecule has 1 N–H and O–H groups in total. The molecular formula is C19H23BrO4. The zero-order valence-corrected chi connectivity index (χ0v) is 15.7. The number of carboxylic acids is 1. The minimum atomic E-state index is -0.829. The molecule has 0 bridgehead atoms. The Hall–Kier alpha value is -1.23. The molecular weight excluding hydrogens is 372 g/mol. The molecule has 0 spiro atoms. The lowest BCUT2D eigenvalue weighted by Gasteiger charge is -2.36. The molecule has 0 radical (unpaired) electrons. The van der Waals surface area contributed by atoms with Crippen LogP contribution in [0.25, 0.3) is 0 Å². The lowest BCUT2D eigenvalue weighted by molar-refractivity contribution is -0.145. The van der Waals surface area contributed by atoms with E-state index in [-0.39, 0.29) is 12.2 Å². The average Bonchev–Trinajstić information content (AvgIpc) is 3.11. The first kappa shape index (κ1) is 16.2. The van der Waals surface area contributed by atoms with Crippen molar-refractivity contribution in [3.05, 3.63) is 21.2 Å². The van der Waals surface area contributed by atoms with Crippen molar-refractivity contribution in [3.63, 3.8) is 0 Å². The summed E-state index contributed by atoms with van der Waals surface area (Å²) in [4.78, 5) is 12.4. The lowest BCUT2D eigenvalue weighted by Crippen LogP contribution is -2.39. The molecule has 1 fully saturated rings. The number of ether oxygens (including phenoxy) is 2. The van der Waals surface area contributed by atoms with E-state index >= 15 is 0 Å². The number of carbonyl (C=O) groups is 1. The second-order valence-corrected chi connectivity index (χ2v) is 8.31. The molecule has 0 amide bonds. The van der Waals surface area contributed by atoms with E-state index in [1.807, 2.05) is 13.8 Å². The van der Waals surface area contributed by atoms with Gasteiger partial charge in [0, 0.05) is 29.5 Å². The molecule has 24 heavy (non-hydrogen) atoms. The quantitative estimate of drug-likeness (QED) is 0.808. The van der Waals surface area contributed by atoms with E-state index in [0.717, 1.165) is 64.8 Å². The highest BCUT2D eigenvalue weighted by molar-refractivity contribution is 9.10. The van der Waals surface area contributed by atoms with E-state index in [1.54, 1.807) is 0 Å². The number of benzene rings is 1. The highest BCUT2D eigenvalue weighted by Gasteiger charge is 2.49. The second kappa shape index (κ2) is 5.65. The normalized spacial score (nSPS) is 27.1. The van der Waals surface area contributed by atoms with Gasteiger partial charge in [0.25, 0.3) is 0 Å². The van der Waals surface area contributed by atoms with Crippen LogP contribution in [0, 0.1) is 0 Å². The highest BCUT2D eigenvalue weighted by Crippen LogP contribution is 2.55. The number of hydrogen-bond acceptors (Lipinski definition) is 3. The Morgan fingerprint density at radius 3 is 2.25 bits per heavy atom. The van der Waals surface area contributed by atoms with E-state index < -0.39 is 11.4 Å². The van der Waals surface area contributed by atoms with Crippen molar-refractivity contribution in [1.29, 1.82) is 0 Å². The first-order valence-electron chi connectivity index (χ1n) is 8.88. The number of hydrogen-bond donors (Lipinski definition) is 1. The molecule has 3 aliphatic rings. The smallest absolute Gasteiger partial charge is 0.314 e. The summed E-state index contributed by atoms with van der Waals surface area (Å²) in [5.74, 6) is 0.951. The summed E-state index contributed by atoms with van der Waals surface area (Å²) in [6.45, 7) is 4.08. The summed E-state index contributed by atoms with van der Waals surface area (Å²) in [7, 11) is 0. The van der Waals surface area contributed by atoms with E-state index in [1.165, 1.54) is 0 Å². The van der Waals surface area contributed by atoms with Crippen LogP contribution in [0.1, 0.15) is 62.6 Å². The molecule has 2 aliphatic heterocycles. The van der Waals surface area contributed by atoms with E-state index in [2.05, 4.69) is 15.9 Å². The molecule has 5 heteroatoms. The van der Waals surface area contributed by atoms with Gasteiger partial charge in [-0.3, -0.25) is 4.79 Å². The third kappa shape index (κ3) is 2.20. The Morgan fingerprint density at radius 1 is 1.04 bits per heavy atom. The van der Waals surface area contributed by atoms with Crippen molar-refractivity contribution in [1.82, 2.24) is 0 Å². The predicted octanol–water partition coefficient (Wildman–Crippen LogP) is 4.38. The van der Waals surface area contributed by atoms with Crippen LogP contribution in [0.2, 0.25) is 0 Å². The van der Waals surface area contributed by atoms with Gasteiger partial charge in [-0.1, -0.05) is 19.3 Å². The van der Waals surface area contributed by atoms with Gasteiger partial charge in [-0.15, -0.1) is 0 Å². The Labute approximate surface area is 150 Å². The predicted molar refractivity (Wildman–Crippen MR) is 94.1 cm³/mol. The SMILES string of the molecule is CC1Cc2c(c(Br)c3c(c2C2(C(=O)O)CCCCC2)OC(C)C3)O1. The van der Waals surface area contributed by atoms with Gasteiger partial charge in [0.05, 0.1) is 9.89 Å². The van der Waals surface area contributed by atoms with Crippen molar-refractivity contribution in [3.8, 4) is 11.5 Å². The molecule has 1 aromatic carbocycles. The van der Waals surface area contributed by atoms with E-state index in [0.29, 0.717) is 12.8 Å². The van der Waals surface area contributed by atoms with Crippen LogP contribution < -0.4 is 9.47 Å². The Morgan fingerprint density at radius 2 is 1.62 bits per heavy atom. The molecule has 2 atom stereocenters. The van der Waals surface area contributed by atoms with Gasteiger partial charge in [0.1, 0.15) is 23.7 Å². The summed E-state index contributed by atoms with van der Waals surface area (Å²) < 4.78 is 13.2. The van der Waals surface area contributed by atoms with Crippen molar-refractivity contribution in [2.24, 2.45) is 0 Å². The molecule has 130 valence electrons. The van der Waals surface area contributed by atoms with Gasteiger partial charge >= 0.3 is 5.97 Å². The largest absolute Gasteiger partial charge is 0.490 e. The van der Waals surface area contributed by atoms with Crippen LogP contribution in [-0.2, 0) is 23.1 Å². The highest BCUT2D eigenvalue weighted by atomic mass is 79.9. The average molecular weight is 395 g/mol. The Bertz CT molecular complexity index is 667. The first-order valence-corrected chi connectivity index (χ1v) is 9.67. The van der Waals surface area contributed by atoms with Crippen LogP contribution in [0.5, 0.6) is 11.5 Å². The molecule has 1 saturated carbocycles. The van der Waals surface area contributed by atoms with Crippen molar-refractivity contribution < 1.29 is 19.4 Å². The Balaban J connectivity index is 2.00. The van der Waals surface area contributed by atoms with Crippen LogP contribution in [0.3, 0.4) is 0 Å². The zero-order chi connectivity index (χ0) is 17.1. The summed E-state index contributed by atoms with van der Waals surface area (Å²) in [6.07, 6.45) is 6.10. The van der Waals surface area contributed by atoms with Gasteiger partial charge < -0.3 is 14.6 Å². The summed E-state index contributed by atoms with van der Waals surface area (Å²) in [5, 5.41) is 10.2. The maximum atomic E-state index is 12.4. The lowest BCUT2D eigenvalue weighted by atomic mass is 9.67. The fourth-order valence-electron chi connectivity index (χ4n) is 4.69. The minimum absolute atomic E-state index is 0.0736. The van der Waals surface area contributed by atoms with Crippen molar-refractivity contribution in [2.45, 2.75) is 76.4 Å². The first-order chi connectivity index (χ1) is 11.4. The standard InChI is InChI=1S/C19H23BrO4/c1-10-8-12-14(19(18(21)22)6-4-3-5-7-19)16-13(9-11(2)23-16)15(20)17(12)24-10/h10-11H,3-9H2,1-2H3,(H,21,22). The van der Waals surface area contributed by atoms with Crippen molar-refractivity contribution >= 4 is 21.9 Å². The van der Waals surface area contributed by atoms with Gasteiger partial charge in [-0.05, 0) is 42.6 Å². The van der Waals surface area contributed by atoms with Gasteiger partial charge in [-0.25, -0.2) is 0 Å². The molecule has 2 heterocycles. The number of halogens is 1. The third-order valence-corrected chi connectivity index (χ3v) is 6.60. The molecule has 4 rings (SSSR count). The second-order valence-electron chi connectivity index (χ2n) is 7.52. The minimum Gasteiger partial charge on any atom is -0.490 e. The van der Waals surface area contributed by atoms with E-state index in [9.17, 15) is 9.90 Å². The zero-order valence-electron chi connectivity index (χ0n) is 14.2. The number of fused-ring (bicyclic) bond motifs is 2. The number of aliphatic carboxylic acids is 1. The summed E-state index contributed by atoms with van der Waals surface area (Å²) >= 11 is 3.70. The maximum absolute atomic E-state index is 12.4. The molecule has 4 nitrogen and oxygen atoms in total. The van der Waals surface area contributed by atoms with E-state index in [4.69, 9.17) is 9.47 Å². The van der Waals surface area contributed by atoms with Gasteiger partial charge in [-0.2, -0.15) is 0 Å². The number of carboxylic acid groups (broad SMARTS) is 1. The summed E-state index contributed by atoms with van der Waals surface area (Å²) in [6, 6.07) is 0. The molecule has 2 unspecified atom stereocenters. The fourth-order valence-corrected chi connectivity index (χ4v) is 5.37. The third-order valence-electron chi connectivity index (χ3n) is 5.76. The molecule has 0 aromatic heterocycles. The van der Waals surface area contributed by atoms with Gasteiger partial charge in [0.2, 0.25) is 0 Å². The van der Waals surface area contributed by atoms with Gasteiger partial charge in [0.15, 0.2) is 0 Å².